The molecule has 0 aliphatic heterocycles. The fourth-order valence-corrected chi connectivity index (χ4v) is 2.67. The molecule has 0 fully saturated rings. The van der Waals surface area contributed by atoms with Crippen LogP contribution in [0, 0.1) is 6.92 Å². The van der Waals surface area contributed by atoms with Crippen molar-refractivity contribution in [1.29, 1.82) is 0 Å². The molecule has 0 heterocycles. The van der Waals surface area contributed by atoms with Crippen LogP contribution in [0.3, 0.4) is 0 Å². The van der Waals surface area contributed by atoms with E-state index in [4.69, 9.17) is 5.11 Å². The lowest BCUT2D eigenvalue weighted by molar-refractivity contribution is -0.138. The number of benzene rings is 1. The van der Waals surface area contributed by atoms with Crippen LogP contribution in [0.2, 0.25) is 0 Å². The molecule has 8 heteroatoms. The standard InChI is InChI=1S/C12H15NO6S/c1-7-4-5-9(6-10(7)12(16)19-3)20(17,18)13-8(2)11(14)15/h4-6,8,13H,1-3H3,(H,14,15). The van der Waals surface area contributed by atoms with Crippen LogP contribution >= 0.6 is 0 Å². The molecule has 0 aliphatic carbocycles. The molecule has 0 amide bonds. The second-order valence-corrected chi connectivity index (χ2v) is 5.86. The Labute approximate surface area is 116 Å². The molecule has 0 bridgehead atoms. The van der Waals surface area contributed by atoms with Gasteiger partial charge in [-0.05, 0) is 31.5 Å². The van der Waals surface area contributed by atoms with Crippen LogP contribution in [0.5, 0.6) is 0 Å². The summed E-state index contributed by atoms with van der Waals surface area (Å²) in [6.45, 7) is 2.84. The van der Waals surface area contributed by atoms with Crippen molar-refractivity contribution in [2.75, 3.05) is 7.11 Å². The van der Waals surface area contributed by atoms with Crippen molar-refractivity contribution >= 4 is 22.0 Å². The quantitative estimate of drug-likeness (QED) is 0.768. The zero-order valence-corrected chi connectivity index (χ0v) is 12.0. The summed E-state index contributed by atoms with van der Waals surface area (Å²) in [6.07, 6.45) is 0. The minimum atomic E-state index is -4.02. The first-order valence-corrected chi connectivity index (χ1v) is 7.11. The maximum absolute atomic E-state index is 12.0. The number of aryl methyl sites for hydroxylation is 1. The minimum Gasteiger partial charge on any atom is -0.480 e. The summed E-state index contributed by atoms with van der Waals surface area (Å²) in [5.41, 5.74) is 0.667. The summed E-state index contributed by atoms with van der Waals surface area (Å²) in [6, 6.07) is 2.62. The maximum atomic E-state index is 12.0. The van der Waals surface area contributed by atoms with Gasteiger partial charge in [0.05, 0.1) is 17.6 Å². The molecule has 1 rings (SSSR count). The Bertz CT molecular complexity index is 637. The van der Waals surface area contributed by atoms with Crippen LogP contribution in [-0.2, 0) is 19.6 Å². The molecule has 1 atom stereocenters. The summed E-state index contributed by atoms with van der Waals surface area (Å²) in [7, 11) is -2.84. The van der Waals surface area contributed by atoms with Crippen molar-refractivity contribution in [1.82, 2.24) is 4.72 Å². The Morgan fingerprint density at radius 2 is 1.95 bits per heavy atom. The molecule has 1 aromatic carbocycles. The summed E-state index contributed by atoms with van der Waals surface area (Å²) >= 11 is 0. The van der Waals surface area contributed by atoms with Gasteiger partial charge in [-0.15, -0.1) is 0 Å². The molecular formula is C12H15NO6S. The van der Waals surface area contributed by atoms with Crippen molar-refractivity contribution < 1.29 is 27.9 Å². The number of rotatable bonds is 5. The average Bonchev–Trinajstić information content (AvgIpc) is 2.37. The normalized spacial score (nSPS) is 12.8. The van der Waals surface area contributed by atoms with Gasteiger partial charge in [0.25, 0.3) is 0 Å². The Morgan fingerprint density at radius 1 is 1.35 bits per heavy atom. The molecule has 1 unspecified atom stereocenters. The molecule has 0 radical (unpaired) electrons. The van der Waals surface area contributed by atoms with E-state index in [1.807, 2.05) is 4.72 Å². The third-order valence-electron chi connectivity index (χ3n) is 2.63. The highest BCUT2D eigenvalue weighted by Gasteiger charge is 2.23. The third-order valence-corrected chi connectivity index (χ3v) is 4.17. The lowest BCUT2D eigenvalue weighted by atomic mass is 10.1. The molecule has 7 nitrogen and oxygen atoms in total. The molecule has 0 saturated carbocycles. The first-order valence-electron chi connectivity index (χ1n) is 5.63. The largest absolute Gasteiger partial charge is 0.480 e. The number of methoxy groups -OCH3 is 1. The van der Waals surface area contributed by atoms with Gasteiger partial charge in [0.15, 0.2) is 0 Å². The van der Waals surface area contributed by atoms with E-state index in [2.05, 4.69) is 4.74 Å². The predicted octanol–water partition coefficient (Wildman–Crippen LogP) is 0.533. The van der Waals surface area contributed by atoms with E-state index >= 15 is 0 Å². The average molecular weight is 301 g/mol. The van der Waals surface area contributed by atoms with E-state index in [-0.39, 0.29) is 10.5 Å². The van der Waals surface area contributed by atoms with Gasteiger partial charge in [0, 0.05) is 0 Å². The molecule has 0 spiro atoms. The Morgan fingerprint density at radius 3 is 2.45 bits per heavy atom. The Hall–Kier alpha value is -1.93. The highest BCUT2D eigenvalue weighted by Crippen LogP contribution is 2.16. The topological polar surface area (TPSA) is 110 Å². The van der Waals surface area contributed by atoms with E-state index < -0.39 is 28.0 Å². The van der Waals surface area contributed by atoms with Crippen molar-refractivity contribution in [2.24, 2.45) is 0 Å². The second-order valence-electron chi connectivity index (χ2n) is 4.15. The van der Waals surface area contributed by atoms with E-state index in [9.17, 15) is 18.0 Å². The maximum Gasteiger partial charge on any atom is 0.338 e. The minimum absolute atomic E-state index is 0.110. The van der Waals surface area contributed by atoms with E-state index in [0.717, 1.165) is 6.07 Å². The lowest BCUT2D eigenvalue weighted by Crippen LogP contribution is -2.38. The predicted molar refractivity (Wildman–Crippen MR) is 69.9 cm³/mol. The number of hydrogen-bond donors (Lipinski definition) is 2. The lowest BCUT2D eigenvalue weighted by Gasteiger charge is -2.12. The number of carboxylic acid groups (broad SMARTS) is 1. The highest BCUT2D eigenvalue weighted by molar-refractivity contribution is 7.89. The number of nitrogens with one attached hydrogen (secondary N) is 1. The number of sulfonamides is 1. The van der Waals surface area contributed by atoms with Gasteiger partial charge in [0.2, 0.25) is 10.0 Å². The molecule has 1 aromatic rings. The van der Waals surface area contributed by atoms with Gasteiger partial charge in [-0.3, -0.25) is 4.79 Å². The van der Waals surface area contributed by atoms with Crippen molar-refractivity contribution in [3.63, 3.8) is 0 Å². The van der Waals surface area contributed by atoms with Crippen LogP contribution in [0.15, 0.2) is 23.1 Å². The van der Waals surface area contributed by atoms with Crippen LogP contribution in [0.25, 0.3) is 0 Å². The number of esters is 1. The highest BCUT2D eigenvalue weighted by atomic mass is 32.2. The third kappa shape index (κ3) is 3.55. The number of hydrogen-bond acceptors (Lipinski definition) is 5. The number of aliphatic carboxylic acids is 1. The summed E-state index contributed by atoms with van der Waals surface area (Å²) in [5.74, 6) is -1.96. The van der Waals surface area contributed by atoms with Gasteiger partial charge in [0.1, 0.15) is 6.04 Å². The Kier molecular flexibility index (Phi) is 4.85. The van der Waals surface area contributed by atoms with Gasteiger partial charge in [-0.25, -0.2) is 13.2 Å². The van der Waals surface area contributed by atoms with Gasteiger partial charge in [-0.2, -0.15) is 4.72 Å². The van der Waals surface area contributed by atoms with Crippen LogP contribution in [0.4, 0.5) is 0 Å². The molecule has 0 saturated heterocycles. The van der Waals surface area contributed by atoms with E-state index in [0.29, 0.717) is 5.56 Å². The fraction of sp³-hybridized carbons (Fsp3) is 0.333. The van der Waals surface area contributed by atoms with Crippen LogP contribution in [-0.4, -0.2) is 38.6 Å². The molecule has 110 valence electrons. The van der Waals surface area contributed by atoms with E-state index in [1.54, 1.807) is 6.92 Å². The summed E-state index contributed by atoms with van der Waals surface area (Å²) < 4.78 is 30.5. The van der Waals surface area contributed by atoms with Gasteiger partial charge in [-0.1, -0.05) is 6.07 Å². The first-order chi connectivity index (χ1) is 9.19. The van der Waals surface area contributed by atoms with E-state index in [1.165, 1.54) is 26.2 Å². The zero-order chi connectivity index (χ0) is 15.5. The van der Waals surface area contributed by atoms with Crippen LogP contribution in [0.1, 0.15) is 22.8 Å². The van der Waals surface area contributed by atoms with Crippen molar-refractivity contribution in [3.8, 4) is 0 Å². The molecule has 2 N–H and O–H groups in total. The van der Waals surface area contributed by atoms with Crippen molar-refractivity contribution in [2.45, 2.75) is 24.8 Å². The molecule has 0 aliphatic rings. The number of carbonyl (C=O) groups excluding carboxylic acids is 1. The second kappa shape index (κ2) is 6.02. The molecule has 20 heavy (non-hydrogen) atoms. The van der Waals surface area contributed by atoms with Crippen molar-refractivity contribution in [3.05, 3.63) is 29.3 Å². The zero-order valence-electron chi connectivity index (χ0n) is 11.2. The SMILES string of the molecule is COC(=O)c1cc(S(=O)(=O)NC(C)C(=O)O)ccc1C. The summed E-state index contributed by atoms with van der Waals surface area (Å²) in [5, 5.41) is 8.72. The molecular weight excluding hydrogens is 286 g/mol. The summed E-state index contributed by atoms with van der Waals surface area (Å²) in [4.78, 5) is 22.0. The number of ether oxygens (including phenoxy) is 1. The van der Waals surface area contributed by atoms with Gasteiger partial charge >= 0.3 is 11.9 Å². The van der Waals surface area contributed by atoms with Crippen LogP contribution < -0.4 is 4.72 Å². The molecule has 0 aromatic heterocycles. The monoisotopic (exact) mass is 301 g/mol. The van der Waals surface area contributed by atoms with Gasteiger partial charge < -0.3 is 9.84 Å². The number of carboxylic acids is 1. The fourth-order valence-electron chi connectivity index (χ4n) is 1.45. The number of carbonyl (C=O) groups is 2. The Balaban J connectivity index is 3.20. The smallest absolute Gasteiger partial charge is 0.338 e. The first kappa shape index (κ1) is 16.1.